The lowest BCUT2D eigenvalue weighted by atomic mass is 9.92. The third-order valence-electron chi connectivity index (χ3n) is 3.89. The molecule has 1 heterocycles. The second kappa shape index (κ2) is 7.34. The van der Waals surface area contributed by atoms with E-state index in [1.807, 2.05) is 0 Å². The van der Waals surface area contributed by atoms with Gasteiger partial charge in [0.2, 0.25) is 0 Å². The molecular formula is C15H19Cl2NO3. The molecule has 1 aliphatic heterocycles. The van der Waals surface area contributed by atoms with Crippen molar-refractivity contribution in [2.24, 2.45) is 5.92 Å². The molecule has 0 aromatic heterocycles. The van der Waals surface area contributed by atoms with Crippen molar-refractivity contribution in [3.8, 4) is 5.75 Å². The first-order chi connectivity index (χ1) is 9.97. The van der Waals surface area contributed by atoms with Gasteiger partial charge in [0, 0.05) is 17.6 Å². The molecule has 2 unspecified atom stereocenters. The molecule has 4 nitrogen and oxygen atoms in total. The van der Waals surface area contributed by atoms with Crippen LogP contribution >= 0.6 is 23.2 Å². The second-order valence-electron chi connectivity index (χ2n) is 5.37. The Morgan fingerprint density at radius 3 is 2.86 bits per heavy atom. The fourth-order valence-corrected chi connectivity index (χ4v) is 3.11. The molecule has 2 atom stereocenters. The predicted molar refractivity (Wildman–Crippen MR) is 83.4 cm³/mol. The van der Waals surface area contributed by atoms with Crippen LogP contribution < -0.4 is 4.74 Å². The smallest absolute Gasteiger partial charge is 0.306 e. The number of hydrogen-bond acceptors (Lipinski definition) is 3. The molecule has 6 heteroatoms. The van der Waals surface area contributed by atoms with Crippen LogP contribution in [0.5, 0.6) is 5.75 Å². The predicted octanol–water partition coefficient (Wildman–Crippen LogP) is 3.56. The summed E-state index contributed by atoms with van der Waals surface area (Å²) in [6.07, 6.45) is 1.39. The summed E-state index contributed by atoms with van der Waals surface area (Å²) < 4.78 is 5.67. The number of piperidine rings is 1. The summed E-state index contributed by atoms with van der Waals surface area (Å²) in [7, 11) is 0. The molecule has 2 rings (SSSR count). The van der Waals surface area contributed by atoms with Crippen LogP contribution in [0, 0.1) is 5.92 Å². The van der Waals surface area contributed by atoms with E-state index in [1.165, 1.54) is 0 Å². The molecule has 0 amide bonds. The average Bonchev–Trinajstić information content (AvgIpc) is 2.42. The SMILES string of the molecule is CC1CC(C(=O)O)CCN1CCOc1ccc(Cl)cc1Cl. The number of likely N-dealkylation sites (tertiary alicyclic amines) is 1. The summed E-state index contributed by atoms with van der Waals surface area (Å²) in [5, 5.41) is 10.1. The average molecular weight is 332 g/mol. The highest BCUT2D eigenvalue weighted by atomic mass is 35.5. The van der Waals surface area contributed by atoms with Crippen molar-refractivity contribution in [1.29, 1.82) is 0 Å². The molecule has 0 radical (unpaired) electrons. The van der Waals surface area contributed by atoms with Crippen molar-refractivity contribution >= 4 is 29.2 Å². The zero-order valence-electron chi connectivity index (χ0n) is 11.9. The van der Waals surface area contributed by atoms with Gasteiger partial charge in [-0.25, -0.2) is 0 Å². The van der Waals surface area contributed by atoms with Crippen LogP contribution in [-0.4, -0.2) is 41.7 Å². The van der Waals surface area contributed by atoms with E-state index in [2.05, 4.69) is 11.8 Å². The van der Waals surface area contributed by atoms with E-state index in [1.54, 1.807) is 18.2 Å². The van der Waals surface area contributed by atoms with E-state index in [4.69, 9.17) is 33.0 Å². The van der Waals surface area contributed by atoms with Gasteiger partial charge in [0.25, 0.3) is 0 Å². The Morgan fingerprint density at radius 1 is 1.48 bits per heavy atom. The zero-order chi connectivity index (χ0) is 15.4. The van der Waals surface area contributed by atoms with E-state index in [-0.39, 0.29) is 12.0 Å². The molecule has 0 spiro atoms. The fraction of sp³-hybridized carbons (Fsp3) is 0.533. The Balaban J connectivity index is 1.80. The monoisotopic (exact) mass is 331 g/mol. The van der Waals surface area contributed by atoms with Crippen molar-refractivity contribution in [2.75, 3.05) is 19.7 Å². The van der Waals surface area contributed by atoms with Gasteiger partial charge in [-0.1, -0.05) is 23.2 Å². The molecule has 116 valence electrons. The number of carboxylic acids is 1. The maximum Gasteiger partial charge on any atom is 0.306 e. The van der Waals surface area contributed by atoms with E-state index < -0.39 is 5.97 Å². The molecule has 0 saturated carbocycles. The highest BCUT2D eigenvalue weighted by Crippen LogP contribution is 2.28. The van der Waals surface area contributed by atoms with E-state index >= 15 is 0 Å². The van der Waals surface area contributed by atoms with Crippen LogP contribution in [0.15, 0.2) is 18.2 Å². The Labute approximate surface area is 134 Å². The lowest BCUT2D eigenvalue weighted by Crippen LogP contribution is -2.44. The minimum Gasteiger partial charge on any atom is -0.491 e. The number of carbonyl (C=O) groups is 1. The minimum atomic E-state index is -0.689. The summed E-state index contributed by atoms with van der Waals surface area (Å²) in [5.74, 6) is -0.289. The fourth-order valence-electron chi connectivity index (χ4n) is 2.64. The van der Waals surface area contributed by atoms with E-state index in [0.29, 0.717) is 35.2 Å². The summed E-state index contributed by atoms with van der Waals surface area (Å²) in [5.41, 5.74) is 0. The highest BCUT2D eigenvalue weighted by molar-refractivity contribution is 6.35. The Hall–Kier alpha value is -0.970. The molecule has 21 heavy (non-hydrogen) atoms. The molecule has 1 fully saturated rings. The molecule has 1 aromatic rings. The van der Waals surface area contributed by atoms with Crippen LogP contribution in [0.25, 0.3) is 0 Å². The molecule has 1 aliphatic rings. The number of ether oxygens (including phenoxy) is 1. The molecular weight excluding hydrogens is 313 g/mol. The van der Waals surface area contributed by atoms with Crippen molar-refractivity contribution in [3.05, 3.63) is 28.2 Å². The van der Waals surface area contributed by atoms with E-state index in [0.717, 1.165) is 13.1 Å². The number of carboxylic acid groups (broad SMARTS) is 1. The summed E-state index contributed by atoms with van der Waals surface area (Å²) in [6, 6.07) is 5.40. The van der Waals surface area contributed by atoms with Gasteiger partial charge in [-0.2, -0.15) is 0 Å². The number of benzene rings is 1. The normalized spacial score (nSPS) is 23.0. The van der Waals surface area contributed by atoms with Crippen molar-refractivity contribution in [3.63, 3.8) is 0 Å². The first-order valence-electron chi connectivity index (χ1n) is 7.02. The quantitative estimate of drug-likeness (QED) is 0.896. The molecule has 1 saturated heterocycles. The Kier molecular flexibility index (Phi) is 5.73. The summed E-state index contributed by atoms with van der Waals surface area (Å²) in [4.78, 5) is 13.3. The first kappa shape index (κ1) is 16.4. The third kappa shape index (κ3) is 4.50. The zero-order valence-corrected chi connectivity index (χ0v) is 13.4. The number of nitrogens with zero attached hydrogens (tertiary/aromatic N) is 1. The van der Waals surface area contributed by atoms with Gasteiger partial charge in [0.1, 0.15) is 12.4 Å². The van der Waals surface area contributed by atoms with Crippen LogP contribution in [0.4, 0.5) is 0 Å². The van der Waals surface area contributed by atoms with E-state index in [9.17, 15) is 4.79 Å². The van der Waals surface area contributed by atoms with Crippen LogP contribution in [0.1, 0.15) is 19.8 Å². The minimum absolute atomic E-state index is 0.220. The Morgan fingerprint density at radius 2 is 2.24 bits per heavy atom. The first-order valence-corrected chi connectivity index (χ1v) is 7.77. The number of hydrogen-bond donors (Lipinski definition) is 1. The Bertz CT molecular complexity index is 510. The van der Waals surface area contributed by atoms with Gasteiger partial charge in [0.05, 0.1) is 10.9 Å². The largest absolute Gasteiger partial charge is 0.491 e. The maximum absolute atomic E-state index is 11.0. The maximum atomic E-state index is 11.0. The lowest BCUT2D eigenvalue weighted by Gasteiger charge is -2.36. The number of rotatable bonds is 5. The lowest BCUT2D eigenvalue weighted by molar-refractivity contribution is -0.144. The summed E-state index contributed by atoms with van der Waals surface area (Å²) in [6.45, 7) is 4.12. The van der Waals surface area contributed by atoms with Gasteiger partial charge in [-0.05, 0) is 44.5 Å². The van der Waals surface area contributed by atoms with Crippen molar-refractivity contribution < 1.29 is 14.6 Å². The molecule has 0 bridgehead atoms. The molecule has 1 aromatic carbocycles. The molecule has 1 N–H and O–H groups in total. The number of aliphatic carboxylic acids is 1. The van der Waals surface area contributed by atoms with Crippen LogP contribution in [-0.2, 0) is 4.79 Å². The van der Waals surface area contributed by atoms with Gasteiger partial charge < -0.3 is 9.84 Å². The van der Waals surface area contributed by atoms with Gasteiger partial charge in [-0.3, -0.25) is 9.69 Å². The highest BCUT2D eigenvalue weighted by Gasteiger charge is 2.29. The third-order valence-corrected chi connectivity index (χ3v) is 4.42. The summed E-state index contributed by atoms with van der Waals surface area (Å²) >= 11 is 11.9. The number of halogens is 2. The van der Waals surface area contributed by atoms with Crippen molar-refractivity contribution in [1.82, 2.24) is 4.90 Å². The van der Waals surface area contributed by atoms with Crippen molar-refractivity contribution in [2.45, 2.75) is 25.8 Å². The van der Waals surface area contributed by atoms with Gasteiger partial charge in [0.15, 0.2) is 0 Å². The van der Waals surface area contributed by atoms with Crippen LogP contribution in [0.2, 0.25) is 10.0 Å². The van der Waals surface area contributed by atoms with Gasteiger partial charge >= 0.3 is 5.97 Å². The molecule has 0 aliphatic carbocycles. The topological polar surface area (TPSA) is 49.8 Å². The van der Waals surface area contributed by atoms with Crippen LogP contribution in [0.3, 0.4) is 0 Å². The second-order valence-corrected chi connectivity index (χ2v) is 6.21. The van der Waals surface area contributed by atoms with Gasteiger partial charge in [-0.15, -0.1) is 0 Å². The standard InChI is InChI=1S/C15H19Cl2NO3/c1-10-8-11(15(19)20)4-5-18(10)6-7-21-14-3-2-12(16)9-13(14)17/h2-3,9-11H,4-8H2,1H3,(H,19,20).